The van der Waals surface area contributed by atoms with E-state index in [1.165, 1.54) is 0 Å². The zero-order valence-electron chi connectivity index (χ0n) is 15.8. The number of aryl methyl sites for hydroxylation is 1. The second-order valence-corrected chi connectivity index (χ2v) is 6.81. The van der Waals surface area contributed by atoms with Crippen molar-refractivity contribution in [2.45, 2.75) is 6.92 Å². The number of carbonyl (C=O) groups is 2. The topological polar surface area (TPSA) is 100 Å². The van der Waals surface area contributed by atoms with Crippen LogP contribution in [0.5, 0.6) is 0 Å². The zero-order chi connectivity index (χ0) is 20.4. The normalized spacial score (nSPS) is 10.7. The van der Waals surface area contributed by atoms with Gasteiger partial charge in [0.25, 0.3) is 5.91 Å². The van der Waals surface area contributed by atoms with Crippen LogP contribution in [0.15, 0.2) is 72.8 Å². The number of fused-ring (bicyclic) bond motifs is 1. The maximum absolute atomic E-state index is 12.2. The van der Waals surface area contributed by atoms with Gasteiger partial charge >= 0.3 is 6.03 Å². The number of aromatic amines is 1. The average Bonchev–Trinajstić information content (AvgIpc) is 3.08. The number of rotatable bonds is 4. The van der Waals surface area contributed by atoms with Gasteiger partial charge in [-0.2, -0.15) is 0 Å². The van der Waals surface area contributed by atoms with E-state index in [9.17, 15) is 9.59 Å². The first kappa shape index (κ1) is 18.3. The number of benzene rings is 3. The number of urea groups is 1. The van der Waals surface area contributed by atoms with Crippen LogP contribution in [0, 0.1) is 6.92 Å². The van der Waals surface area contributed by atoms with Crippen molar-refractivity contribution in [3.8, 4) is 11.1 Å². The fourth-order valence-electron chi connectivity index (χ4n) is 3.36. The number of aromatic nitrogens is 1. The van der Waals surface area contributed by atoms with Crippen molar-refractivity contribution in [2.75, 3.05) is 10.6 Å². The Labute approximate surface area is 167 Å². The van der Waals surface area contributed by atoms with Gasteiger partial charge in [-0.1, -0.05) is 42.5 Å². The zero-order valence-corrected chi connectivity index (χ0v) is 15.8. The van der Waals surface area contributed by atoms with Gasteiger partial charge in [0.15, 0.2) is 0 Å². The van der Waals surface area contributed by atoms with Crippen LogP contribution in [-0.2, 0) is 0 Å². The molecule has 29 heavy (non-hydrogen) atoms. The Kier molecular flexibility index (Phi) is 4.75. The number of anilines is 2. The van der Waals surface area contributed by atoms with Crippen molar-refractivity contribution in [3.63, 3.8) is 0 Å². The van der Waals surface area contributed by atoms with Gasteiger partial charge < -0.3 is 21.4 Å². The molecule has 1 aromatic heterocycles. The minimum Gasteiger partial charge on any atom is -0.364 e. The van der Waals surface area contributed by atoms with E-state index in [0.717, 1.165) is 33.3 Å². The molecule has 1 heterocycles. The number of carbonyl (C=O) groups excluding carboxylic acids is 2. The summed E-state index contributed by atoms with van der Waals surface area (Å²) in [5, 5.41) is 6.53. The molecule has 6 heteroatoms. The molecule has 0 spiro atoms. The Hall–Kier alpha value is -4.06. The first-order valence-corrected chi connectivity index (χ1v) is 9.17. The van der Waals surface area contributed by atoms with Crippen LogP contribution in [-0.4, -0.2) is 16.9 Å². The van der Waals surface area contributed by atoms with Crippen LogP contribution >= 0.6 is 0 Å². The van der Waals surface area contributed by atoms with Crippen LogP contribution in [0.25, 0.3) is 22.0 Å². The summed E-state index contributed by atoms with van der Waals surface area (Å²) in [5.41, 5.74) is 10.8. The van der Waals surface area contributed by atoms with Crippen LogP contribution in [0.3, 0.4) is 0 Å². The molecule has 4 aromatic rings. The Bertz CT molecular complexity index is 1210. The molecule has 0 radical (unpaired) electrons. The quantitative estimate of drug-likeness (QED) is 0.403. The van der Waals surface area contributed by atoms with Gasteiger partial charge in [0, 0.05) is 27.8 Å². The molecule has 144 valence electrons. The molecule has 0 aliphatic rings. The lowest BCUT2D eigenvalue weighted by Crippen LogP contribution is -2.19. The number of nitrogens with one attached hydrogen (secondary N) is 3. The molecule has 0 saturated heterocycles. The fourth-order valence-corrected chi connectivity index (χ4v) is 3.36. The number of primary amides is 1. The van der Waals surface area contributed by atoms with Crippen LogP contribution in [0.1, 0.15) is 16.1 Å². The van der Waals surface area contributed by atoms with Crippen molar-refractivity contribution < 1.29 is 9.59 Å². The maximum Gasteiger partial charge on any atom is 0.323 e. The highest BCUT2D eigenvalue weighted by molar-refractivity contribution is 6.09. The van der Waals surface area contributed by atoms with Gasteiger partial charge in [0.05, 0.1) is 0 Å². The standard InChI is InChI=1S/C23H20N4O2/c1-14-5-4-6-17(13-14)26-23(29)25-16-11-9-15(10-12-16)20-18-7-2-3-8-19(18)27-21(20)22(24)28/h2-13,27H,1H3,(H2,24,28)(H2,25,26,29). The third kappa shape index (κ3) is 3.82. The number of H-pyrrole nitrogens is 1. The number of hydrogen-bond donors (Lipinski definition) is 4. The summed E-state index contributed by atoms with van der Waals surface area (Å²) in [4.78, 5) is 27.2. The summed E-state index contributed by atoms with van der Waals surface area (Å²) < 4.78 is 0. The third-order valence-electron chi connectivity index (χ3n) is 4.66. The minimum atomic E-state index is -0.518. The van der Waals surface area contributed by atoms with E-state index in [4.69, 9.17) is 5.73 Å². The first-order chi connectivity index (χ1) is 14.0. The molecular formula is C23H20N4O2. The summed E-state index contributed by atoms with van der Waals surface area (Å²) >= 11 is 0. The van der Waals surface area contributed by atoms with Crippen molar-refractivity contribution in [1.29, 1.82) is 0 Å². The Morgan fingerprint density at radius 2 is 1.59 bits per heavy atom. The maximum atomic E-state index is 12.2. The van der Waals surface area contributed by atoms with E-state index in [-0.39, 0.29) is 6.03 Å². The highest BCUT2D eigenvalue weighted by Gasteiger charge is 2.17. The van der Waals surface area contributed by atoms with Gasteiger partial charge in [-0.05, 0) is 48.4 Å². The molecule has 0 atom stereocenters. The molecule has 4 rings (SSSR count). The second-order valence-electron chi connectivity index (χ2n) is 6.81. The molecule has 0 aliphatic heterocycles. The minimum absolute atomic E-state index is 0.326. The lowest BCUT2D eigenvalue weighted by Gasteiger charge is -2.09. The molecule has 0 aliphatic carbocycles. The highest BCUT2D eigenvalue weighted by atomic mass is 16.2. The van der Waals surface area contributed by atoms with E-state index >= 15 is 0 Å². The van der Waals surface area contributed by atoms with Gasteiger partial charge in [0.1, 0.15) is 5.69 Å². The Morgan fingerprint density at radius 3 is 2.31 bits per heavy atom. The summed E-state index contributed by atoms with van der Waals surface area (Å²) in [6.07, 6.45) is 0. The van der Waals surface area contributed by atoms with E-state index in [1.54, 1.807) is 12.1 Å². The molecule has 5 N–H and O–H groups in total. The molecule has 0 fully saturated rings. The summed E-state index contributed by atoms with van der Waals surface area (Å²) in [6.45, 7) is 1.97. The van der Waals surface area contributed by atoms with E-state index < -0.39 is 5.91 Å². The SMILES string of the molecule is Cc1cccc(NC(=O)Nc2ccc(-c3c(C(N)=O)[nH]c4ccccc34)cc2)c1. The Morgan fingerprint density at radius 1 is 0.862 bits per heavy atom. The van der Waals surface area contributed by atoms with E-state index in [0.29, 0.717) is 11.4 Å². The first-order valence-electron chi connectivity index (χ1n) is 9.17. The van der Waals surface area contributed by atoms with Crippen LogP contribution in [0.4, 0.5) is 16.2 Å². The average molecular weight is 384 g/mol. The predicted molar refractivity (Wildman–Crippen MR) is 116 cm³/mol. The molecule has 0 saturated carbocycles. The van der Waals surface area contributed by atoms with Gasteiger partial charge in [-0.25, -0.2) is 4.79 Å². The van der Waals surface area contributed by atoms with Gasteiger partial charge in [-0.3, -0.25) is 4.79 Å². The van der Waals surface area contributed by atoms with E-state index in [2.05, 4.69) is 15.6 Å². The van der Waals surface area contributed by atoms with Gasteiger partial charge in [-0.15, -0.1) is 0 Å². The summed E-state index contributed by atoms with van der Waals surface area (Å²) in [7, 11) is 0. The summed E-state index contributed by atoms with van der Waals surface area (Å²) in [5.74, 6) is -0.518. The lowest BCUT2D eigenvalue weighted by atomic mass is 10.0. The molecule has 3 amide bonds. The van der Waals surface area contributed by atoms with E-state index in [1.807, 2.05) is 67.6 Å². The summed E-state index contributed by atoms with van der Waals surface area (Å²) in [6, 6.07) is 22.2. The van der Waals surface area contributed by atoms with Crippen molar-refractivity contribution >= 4 is 34.2 Å². The number of amides is 3. The highest BCUT2D eigenvalue weighted by Crippen LogP contribution is 2.33. The molecule has 0 bridgehead atoms. The van der Waals surface area contributed by atoms with Crippen molar-refractivity contribution in [1.82, 2.24) is 4.98 Å². The smallest absolute Gasteiger partial charge is 0.323 e. The van der Waals surface area contributed by atoms with Crippen molar-refractivity contribution in [2.24, 2.45) is 5.73 Å². The number of nitrogens with two attached hydrogens (primary N) is 1. The largest absolute Gasteiger partial charge is 0.364 e. The number of para-hydroxylation sites is 1. The molecular weight excluding hydrogens is 364 g/mol. The second kappa shape index (κ2) is 7.52. The predicted octanol–water partition coefficient (Wildman–Crippen LogP) is 4.89. The number of hydrogen-bond acceptors (Lipinski definition) is 2. The monoisotopic (exact) mass is 384 g/mol. The Balaban J connectivity index is 1.57. The molecule has 6 nitrogen and oxygen atoms in total. The van der Waals surface area contributed by atoms with Crippen molar-refractivity contribution in [3.05, 3.63) is 84.1 Å². The fraction of sp³-hybridized carbons (Fsp3) is 0.0435. The van der Waals surface area contributed by atoms with Gasteiger partial charge in [0.2, 0.25) is 0 Å². The van der Waals surface area contributed by atoms with Crippen LogP contribution in [0.2, 0.25) is 0 Å². The molecule has 0 unspecified atom stereocenters. The third-order valence-corrected chi connectivity index (χ3v) is 4.66. The lowest BCUT2D eigenvalue weighted by molar-refractivity contribution is 0.0997. The van der Waals surface area contributed by atoms with Crippen LogP contribution < -0.4 is 16.4 Å². The molecule has 3 aromatic carbocycles.